The van der Waals surface area contributed by atoms with Gasteiger partial charge in [0.15, 0.2) is 0 Å². The van der Waals surface area contributed by atoms with Crippen LogP contribution in [0.15, 0.2) is 18.2 Å². The molecule has 5 heteroatoms. The van der Waals surface area contributed by atoms with Crippen LogP contribution < -0.4 is 0 Å². The molecule has 0 spiro atoms. The van der Waals surface area contributed by atoms with Crippen LogP contribution in [0.3, 0.4) is 0 Å². The lowest BCUT2D eigenvalue weighted by Gasteiger charge is -2.37. The summed E-state index contributed by atoms with van der Waals surface area (Å²) in [7, 11) is 2.04. The summed E-state index contributed by atoms with van der Waals surface area (Å²) < 4.78 is 0. The molecule has 1 fully saturated rings. The van der Waals surface area contributed by atoms with Crippen molar-refractivity contribution in [2.45, 2.75) is 13.0 Å². The first-order chi connectivity index (χ1) is 8.49. The maximum atomic E-state index is 12.3. The van der Waals surface area contributed by atoms with E-state index < -0.39 is 0 Å². The molecule has 1 aliphatic rings. The summed E-state index contributed by atoms with van der Waals surface area (Å²) in [5, 5.41) is 10.2. The van der Waals surface area contributed by atoms with E-state index in [1.54, 1.807) is 11.0 Å². The fraction of sp³-hybridized carbons (Fsp3) is 0.462. The van der Waals surface area contributed by atoms with E-state index >= 15 is 0 Å². The number of rotatable bonds is 1. The monoisotopic (exact) mass is 268 g/mol. The first kappa shape index (κ1) is 13.2. The molecule has 98 valence electrons. The average molecular weight is 269 g/mol. The minimum Gasteiger partial charge on any atom is -0.507 e. The van der Waals surface area contributed by atoms with Gasteiger partial charge in [-0.25, -0.2) is 0 Å². The van der Waals surface area contributed by atoms with Gasteiger partial charge >= 0.3 is 0 Å². The Morgan fingerprint density at radius 2 is 2.17 bits per heavy atom. The number of phenols is 1. The van der Waals surface area contributed by atoms with E-state index in [1.807, 2.05) is 7.05 Å². The van der Waals surface area contributed by atoms with E-state index in [1.165, 1.54) is 12.1 Å². The Morgan fingerprint density at radius 3 is 2.83 bits per heavy atom. The molecule has 1 saturated heterocycles. The van der Waals surface area contributed by atoms with Crippen molar-refractivity contribution < 1.29 is 9.90 Å². The maximum absolute atomic E-state index is 12.3. The fourth-order valence-electron chi connectivity index (χ4n) is 2.08. The van der Waals surface area contributed by atoms with Gasteiger partial charge in [-0.1, -0.05) is 11.6 Å². The summed E-state index contributed by atoms with van der Waals surface area (Å²) in [6.45, 7) is 4.26. The number of carbonyl (C=O) groups excluding carboxylic acids is 1. The van der Waals surface area contributed by atoms with Gasteiger partial charge in [0.05, 0.1) is 5.56 Å². The van der Waals surface area contributed by atoms with E-state index in [0.717, 1.165) is 6.54 Å². The number of halogens is 1. The van der Waals surface area contributed by atoms with Crippen molar-refractivity contribution in [3.05, 3.63) is 28.8 Å². The zero-order valence-corrected chi connectivity index (χ0v) is 11.3. The second kappa shape index (κ2) is 5.16. The Bertz CT molecular complexity index is 464. The molecule has 2 rings (SSSR count). The van der Waals surface area contributed by atoms with E-state index in [0.29, 0.717) is 24.2 Å². The first-order valence-corrected chi connectivity index (χ1v) is 6.35. The SMILES string of the molecule is CC1CN(C(=O)c2cc(Cl)ccc2O)CCN1C. The molecule has 0 saturated carbocycles. The summed E-state index contributed by atoms with van der Waals surface area (Å²) in [6, 6.07) is 4.86. The van der Waals surface area contributed by atoms with Gasteiger partial charge in [-0.3, -0.25) is 4.79 Å². The Hall–Kier alpha value is -1.26. The third-order valence-electron chi connectivity index (χ3n) is 3.44. The zero-order valence-electron chi connectivity index (χ0n) is 10.6. The number of amides is 1. The van der Waals surface area contributed by atoms with Crippen LogP contribution in [0.5, 0.6) is 5.75 Å². The molecule has 1 atom stereocenters. The largest absolute Gasteiger partial charge is 0.507 e. The van der Waals surface area contributed by atoms with Crippen molar-refractivity contribution in [3.8, 4) is 5.75 Å². The molecule has 1 heterocycles. The molecule has 1 amide bonds. The number of nitrogens with zero attached hydrogens (tertiary/aromatic N) is 2. The fourth-order valence-corrected chi connectivity index (χ4v) is 2.25. The van der Waals surface area contributed by atoms with E-state index in [9.17, 15) is 9.90 Å². The van der Waals surface area contributed by atoms with Crippen molar-refractivity contribution in [1.29, 1.82) is 0 Å². The van der Waals surface area contributed by atoms with Gasteiger partial charge in [0.25, 0.3) is 5.91 Å². The van der Waals surface area contributed by atoms with Gasteiger partial charge < -0.3 is 14.9 Å². The zero-order chi connectivity index (χ0) is 13.3. The standard InChI is InChI=1S/C13H17ClN2O2/c1-9-8-16(6-5-15(9)2)13(18)11-7-10(14)3-4-12(11)17/h3-4,7,9,17H,5-6,8H2,1-2H3. The number of phenolic OH excluding ortho intramolecular Hbond substituents is 1. The molecule has 0 bridgehead atoms. The normalized spacial score (nSPS) is 21.1. The number of likely N-dealkylation sites (N-methyl/N-ethyl adjacent to an activating group) is 1. The third-order valence-corrected chi connectivity index (χ3v) is 3.67. The van der Waals surface area contributed by atoms with Gasteiger partial charge in [0, 0.05) is 30.7 Å². The second-order valence-electron chi connectivity index (χ2n) is 4.74. The van der Waals surface area contributed by atoms with Crippen LogP contribution in [0, 0.1) is 0 Å². The molecular weight excluding hydrogens is 252 g/mol. The van der Waals surface area contributed by atoms with Crippen LogP contribution in [-0.2, 0) is 0 Å². The minimum absolute atomic E-state index is 0.0176. The highest BCUT2D eigenvalue weighted by molar-refractivity contribution is 6.31. The lowest BCUT2D eigenvalue weighted by atomic mass is 10.1. The number of aromatic hydroxyl groups is 1. The van der Waals surface area contributed by atoms with E-state index in [2.05, 4.69) is 11.8 Å². The summed E-state index contributed by atoms with van der Waals surface area (Å²) in [5.74, 6) is -0.175. The van der Waals surface area contributed by atoms with Crippen LogP contribution in [0.1, 0.15) is 17.3 Å². The Labute approximate surface area is 112 Å². The summed E-state index contributed by atoms with van der Waals surface area (Å²) in [6.07, 6.45) is 0. The van der Waals surface area contributed by atoms with Crippen LogP contribution in [0.25, 0.3) is 0 Å². The number of hydrogen-bond acceptors (Lipinski definition) is 3. The molecule has 4 nitrogen and oxygen atoms in total. The van der Waals surface area contributed by atoms with Gasteiger partial charge in [0.1, 0.15) is 5.75 Å². The Morgan fingerprint density at radius 1 is 1.44 bits per heavy atom. The molecular formula is C13H17ClN2O2. The molecule has 1 unspecified atom stereocenters. The molecule has 0 aromatic heterocycles. The number of carbonyl (C=O) groups is 1. The highest BCUT2D eigenvalue weighted by Gasteiger charge is 2.26. The molecule has 1 aromatic rings. The average Bonchev–Trinajstić information content (AvgIpc) is 2.35. The summed E-state index contributed by atoms with van der Waals surface area (Å²) in [4.78, 5) is 16.3. The van der Waals surface area contributed by atoms with Crippen LogP contribution in [-0.4, -0.2) is 53.5 Å². The topological polar surface area (TPSA) is 43.8 Å². The van der Waals surface area contributed by atoms with Crippen molar-refractivity contribution in [2.24, 2.45) is 0 Å². The number of hydrogen-bond donors (Lipinski definition) is 1. The predicted molar refractivity (Wildman–Crippen MR) is 71.1 cm³/mol. The van der Waals surface area contributed by atoms with Crippen molar-refractivity contribution in [1.82, 2.24) is 9.80 Å². The Kier molecular flexibility index (Phi) is 3.78. The predicted octanol–water partition coefficient (Wildman–Crippen LogP) is 1.82. The maximum Gasteiger partial charge on any atom is 0.257 e. The molecule has 1 aliphatic heterocycles. The molecule has 0 aliphatic carbocycles. The molecule has 1 N–H and O–H groups in total. The Balaban J connectivity index is 2.19. The molecule has 1 aromatic carbocycles. The summed E-state index contributed by atoms with van der Waals surface area (Å²) in [5.41, 5.74) is 0.277. The highest BCUT2D eigenvalue weighted by Crippen LogP contribution is 2.23. The third kappa shape index (κ3) is 2.60. The lowest BCUT2D eigenvalue weighted by Crippen LogP contribution is -2.52. The van der Waals surface area contributed by atoms with Crippen molar-refractivity contribution in [2.75, 3.05) is 26.7 Å². The van der Waals surface area contributed by atoms with Gasteiger partial charge in [0.2, 0.25) is 0 Å². The van der Waals surface area contributed by atoms with Crippen LogP contribution in [0.4, 0.5) is 0 Å². The van der Waals surface area contributed by atoms with Crippen LogP contribution in [0.2, 0.25) is 5.02 Å². The minimum atomic E-state index is -0.157. The number of benzene rings is 1. The quantitative estimate of drug-likeness (QED) is 0.845. The number of piperazine rings is 1. The first-order valence-electron chi connectivity index (χ1n) is 5.97. The van der Waals surface area contributed by atoms with Gasteiger partial charge in [-0.15, -0.1) is 0 Å². The van der Waals surface area contributed by atoms with Gasteiger partial charge in [-0.2, -0.15) is 0 Å². The van der Waals surface area contributed by atoms with E-state index in [-0.39, 0.29) is 17.2 Å². The smallest absolute Gasteiger partial charge is 0.257 e. The molecule has 0 radical (unpaired) electrons. The summed E-state index contributed by atoms with van der Waals surface area (Å²) >= 11 is 5.86. The highest BCUT2D eigenvalue weighted by atomic mass is 35.5. The van der Waals surface area contributed by atoms with E-state index in [4.69, 9.17) is 11.6 Å². The molecule has 18 heavy (non-hydrogen) atoms. The lowest BCUT2D eigenvalue weighted by molar-refractivity contribution is 0.0569. The van der Waals surface area contributed by atoms with Gasteiger partial charge in [-0.05, 0) is 32.2 Å². The van der Waals surface area contributed by atoms with Crippen molar-refractivity contribution in [3.63, 3.8) is 0 Å². The van der Waals surface area contributed by atoms with Crippen LogP contribution >= 0.6 is 11.6 Å². The van der Waals surface area contributed by atoms with Crippen molar-refractivity contribution >= 4 is 17.5 Å². The second-order valence-corrected chi connectivity index (χ2v) is 5.18.